The number of aliphatic hydroxyl groups is 1. The number of H-pyrrole nitrogens is 1. The van der Waals surface area contributed by atoms with Gasteiger partial charge in [0, 0.05) is 16.4 Å². The lowest BCUT2D eigenvalue weighted by atomic mass is 10.2. The van der Waals surface area contributed by atoms with E-state index in [9.17, 15) is 4.79 Å². The summed E-state index contributed by atoms with van der Waals surface area (Å²) in [5, 5.41) is 9.73. The van der Waals surface area contributed by atoms with Crippen molar-refractivity contribution in [3.63, 3.8) is 0 Å². The van der Waals surface area contributed by atoms with E-state index in [-0.39, 0.29) is 17.7 Å². The lowest BCUT2D eigenvalue weighted by Crippen LogP contribution is -2.24. The third-order valence-corrected chi connectivity index (χ3v) is 3.73. The number of rotatable bonds is 4. The zero-order chi connectivity index (χ0) is 15.0. The summed E-state index contributed by atoms with van der Waals surface area (Å²) < 4.78 is 6.47. The summed E-state index contributed by atoms with van der Waals surface area (Å²) >= 11 is 3.41. The topological polar surface area (TPSA) is 82.4 Å². The molecule has 0 atom stereocenters. The van der Waals surface area contributed by atoms with E-state index in [1.165, 1.54) is 0 Å². The number of aromatic amines is 1. The third kappa shape index (κ3) is 2.72. The van der Waals surface area contributed by atoms with Crippen LogP contribution in [0.3, 0.4) is 0 Å². The summed E-state index contributed by atoms with van der Waals surface area (Å²) in [5.41, 5.74) is 1.13. The van der Waals surface area contributed by atoms with Crippen LogP contribution < -0.4 is 5.56 Å². The molecule has 0 aliphatic rings. The van der Waals surface area contributed by atoms with Gasteiger partial charge in [0.2, 0.25) is 5.58 Å². The van der Waals surface area contributed by atoms with Crippen molar-refractivity contribution in [3.05, 3.63) is 38.9 Å². The van der Waals surface area contributed by atoms with Gasteiger partial charge in [0.25, 0.3) is 5.56 Å². The highest BCUT2D eigenvalue weighted by atomic mass is 79.9. The number of nitrogens with one attached hydrogen (secondary N) is 1. The molecule has 110 valence electrons. The zero-order valence-corrected chi connectivity index (χ0v) is 13.0. The largest absolute Gasteiger partial charge is 0.449 e. The Balaban J connectivity index is 2.15. The molecule has 2 N–H and O–H groups in total. The van der Waals surface area contributed by atoms with Gasteiger partial charge in [-0.25, -0.2) is 4.98 Å². The Morgan fingerprint density at radius 2 is 2.29 bits per heavy atom. The van der Waals surface area contributed by atoms with Crippen LogP contribution in [-0.4, -0.2) is 40.2 Å². The molecule has 3 aromatic rings. The Kier molecular flexibility index (Phi) is 3.79. The summed E-state index contributed by atoms with van der Waals surface area (Å²) in [6.45, 7) is 1.02. The average Bonchev–Trinajstić information content (AvgIpc) is 2.78. The predicted octanol–water partition coefficient (Wildman–Crippen LogP) is 1.86. The summed E-state index contributed by atoms with van der Waals surface area (Å²) in [6, 6.07) is 5.54. The van der Waals surface area contributed by atoms with E-state index >= 15 is 0 Å². The van der Waals surface area contributed by atoms with Crippen molar-refractivity contribution in [1.82, 2.24) is 14.9 Å². The number of nitrogens with zero attached hydrogens (tertiary/aromatic N) is 2. The Labute approximate surface area is 128 Å². The first-order chi connectivity index (χ1) is 10.1. The minimum Gasteiger partial charge on any atom is -0.449 e. The van der Waals surface area contributed by atoms with Gasteiger partial charge in [-0.1, -0.05) is 15.9 Å². The van der Waals surface area contributed by atoms with Crippen LogP contribution in [0, 0.1) is 0 Å². The van der Waals surface area contributed by atoms with Gasteiger partial charge in [0.15, 0.2) is 0 Å². The molecule has 7 heteroatoms. The fourth-order valence-electron chi connectivity index (χ4n) is 2.25. The van der Waals surface area contributed by atoms with E-state index in [1.807, 2.05) is 24.1 Å². The molecule has 0 spiro atoms. The zero-order valence-electron chi connectivity index (χ0n) is 11.4. The van der Waals surface area contributed by atoms with E-state index in [0.717, 1.165) is 9.86 Å². The number of halogens is 1. The van der Waals surface area contributed by atoms with Gasteiger partial charge in [-0.15, -0.1) is 0 Å². The van der Waals surface area contributed by atoms with Crippen LogP contribution in [0.15, 0.2) is 31.9 Å². The molecule has 0 saturated carbocycles. The lowest BCUT2D eigenvalue weighted by Gasteiger charge is -2.13. The van der Waals surface area contributed by atoms with Crippen molar-refractivity contribution in [1.29, 1.82) is 0 Å². The van der Waals surface area contributed by atoms with Crippen LogP contribution in [0.1, 0.15) is 5.82 Å². The molecular weight excluding hydrogens is 338 g/mol. The number of likely N-dealkylation sites (N-methyl/N-ethyl adjacent to an activating group) is 1. The maximum atomic E-state index is 12.1. The fraction of sp³-hybridized carbons (Fsp3) is 0.286. The van der Waals surface area contributed by atoms with Gasteiger partial charge in [-0.05, 0) is 25.2 Å². The summed E-state index contributed by atoms with van der Waals surface area (Å²) in [4.78, 5) is 21.2. The molecule has 0 aliphatic carbocycles. The van der Waals surface area contributed by atoms with Crippen LogP contribution in [0.5, 0.6) is 0 Å². The maximum Gasteiger partial charge on any atom is 0.294 e. The van der Waals surface area contributed by atoms with Crippen molar-refractivity contribution in [2.75, 3.05) is 20.2 Å². The molecule has 0 radical (unpaired) electrons. The highest BCUT2D eigenvalue weighted by Gasteiger charge is 2.14. The number of fused-ring (bicyclic) bond motifs is 3. The van der Waals surface area contributed by atoms with E-state index in [0.29, 0.717) is 30.0 Å². The van der Waals surface area contributed by atoms with Crippen LogP contribution >= 0.6 is 15.9 Å². The number of benzene rings is 1. The molecular formula is C14H14BrN3O3. The molecule has 0 fully saturated rings. The Morgan fingerprint density at radius 3 is 3.05 bits per heavy atom. The first-order valence-corrected chi connectivity index (χ1v) is 7.28. The van der Waals surface area contributed by atoms with E-state index in [2.05, 4.69) is 25.9 Å². The monoisotopic (exact) mass is 351 g/mol. The first kappa shape index (κ1) is 14.2. The average molecular weight is 352 g/mol. The standard InChI is InChI=1S/C14H14BrN3O3/c1-18(4-5-19)7-11-16-12-9-6-8(15)2-3-10(9)21-13(12)14(20)17-11/h2-3,6,19H,4-5,7H2,1H3,(H,16,17,20). The molecule has 0 saturated heterocycles. The second-order valence-electron chi connectivity index (χ2n) is 4.89. The normalized spacial score (nSPS) is 11.8. The lowest BCUT2D eigenvalue weighted by molar-refractivity contribution is 0.214. The van der Waals surface area contributed by atoms with Crippen molar-refractivity contribution >= 4 is 38.0 Å². The van der Waals surface area contributed by atoms with E-state index in [1.54, 1.807) is 6.07 Å². The quantitative estimate of drug-likeness (QED) is 0.749. The number of furan rings is 1. The van der Waals surface area contributed by atoms with Gasteiger partial charge in [-0.3, -0.25) is 9.69 Å². The minimum atomic E-state index is -0.292. The van der Waals surface area contributed by atoms with Crippen LogP contribution in [0.4, 0.5) is 0 Å². The van der Waals surface area contributed by atoms with Crippen LogP contribution in [-0.2, 0) is 6.54 Å². The van der Waals surface area contributed by atoms with Crippen molar-refractivity contribution in [2.24, 2.45) is 0 Å². The summed E-state index contributed by atoms with van der Waals surface area (Å²) in [6.07, 6.45) is 0. The van der Waals surface area contributed by atoms with Gasteiger partial charge in [0.1, 0.15) is 16.9 Å². The Hall–Kier alpha value is -1.70. The van der Waals surface area contributed by atoms with Gasteiger partial charge < -0.3 is 14.5 Å². The van der Waals surface area contributed by atoms with Crippen LogP contribution in [0.2, 0.25) is 0 Å². The third-order valence-electron chi connectivity index (χ3n) is 3.24. The Bertz CT molecular complexity index is 856. The van der Waals surface area contributed by atoms with Crippen molar-refractivity contribution in [2.45, 2.75) is 6.54 Å². The van der Waals surface area contributed by atoms with Gasteiger partial charge in [0.05, 0.1) is 13.2 Å². The molecule has 0 unspecified atom stereocenters. The van der Waals surface area contributed by atoms with Crippen LogP contribution in [0.25, 0.3) is 22.1 Å². The number of aromatic nitrogens is 2. The number of aliphatic hydroxyl groups excluding tert-OH is 1. The highest BCUT2D eigenvalue weighted by Crippen LogP contribution is 2.27. The molecule has 0 amide bonds. The summed E-state index contributed by atoms with van der Waals surface area (Å²) in [5.74, 6) is 0.547. The second-order valence-corrected chi connectivity index (χ2v) is 5.81. The minimum absolute atomic E-state index is 0.0601. The molecule has 21 heavy (non-hydrogen) atoms. The van der Waals surface area contributed by atoms with E-state index in [4.69, 9.17) is 9.52 Å². The van der Waals surface area contributed by atoms with Gasteiger partial charge in [-0.2, -0.15) is 0 Å². The smallest absolute Gasteiger partial charge is 0.294 e. The maximum absolute atomic E-state index is 12.1. The first-order valence-electron chi connectivity index (χ1n) is 6.49. The molecule has 2 aromatic heterocycles. The molecule has 3 rings (SSSR count). The predicted molar refractivity (Wildman–Crippen MR) is 83.3 cm³/mol. The SMILES string of the molecule is CN(CCO)Cc1nc2c(oc3ccc(Br)cc32)c(=O)[nH]1. The van der Waals surface area contributed by atoms with Crippen molar-refractivity contribution < 1.29 is 9.52 Å². The molecule has 0 aliphatic heterocycles. The molecule has 0 bridgehead atoms. The fourth-order valence-corrected chi connectivity index (χ4v) is 2.61. The second kappa shape index (κ2) is 5.59. The number of hydrogen-bond acceptors (Lipinski definition) is 5. The highest BCUT2D eigenvalue weighted by molar-refractivity contribution is 9.10. The summed E-state index contributed by atoms with van der Waals surface area (Å²) in [7, 11) is 1.85. The molecule has 6 nitrogen and oxygen atoms in total. The Morgan fingerprint density at radius 1 is 1.48 bits per heavy atom. The van der Waals surface area contributed by atoms with Gasteiger partial charge >= 0.3 is 0 Å². The molecule has 2 heterocycles. The van der Waals surface area contributed by atoms with E-state index < -0.39 is 0 Å². The number of hydrogen-bond donors (Lipinski definition) is 2. The molecule has 1 aromatic carbocycles. The van der Waals surface area contributed by atoms with Crippen molar-refractivity contribution in [3.8, 4) is 0 Å².